The van der Waals surface area contributed by atoms with Crippen LogP contribution in [-0.2, 0) is 9.59 Å². The minimum absolute atomic E-state index is 0.200. The molecule has 3 rings (SSSR count). The van der Waals surface area contributed by atoms with Crippen LogP contribution in [0, 0.1) is 0 Å². The Morgan fingerprint density at radius 2 is 1.67 bits per heavy atom. The van der Waals surface area contributed by atoms with E-state index in [1.165, 1.54) is 4.90 Å². The molecular formula is C18H22N2O4. The highest BCUT2D eigenvalue weighted by Crippen LogP contribution is 2.37. The number of hydrogen-bond donors (Lipinski definition) is 0. The van der Waals surface area contributed by atoms with Gasteiger partial charge in [-0.15, -0.1) is 0 Å². The van der Waals surface area contributed by atoms with Crippen molar-refractivity contribution in [3.05, 3.63) is 29.5 Å². The van der Waals surface area contributed by atoms with Gasteiger partial charge in [-0.05, 0) is 37.5 Å². The summed E-state index contributed by atoms with van der Waals surface area (Å²) < 4.78 is 10.6. The summed E-state index contributed by atoms with van der Waals surface area (Å²) in [6.07, 6.45) is 2.08. The van der Waals surface area contributed by atoms with Crippen LogP contribution in [-0.4, -0.2) is 55.5 Å². The molecule has 1 fully saturated rings. The molecule has 0 spiro atoms. The van der Waals surface area contributed by atoms with Gasteiger partial charge in [0.2, 0.25) is 0 Å². The van der Waals surface area contributed by atoms with Gasteiger partial charge in [0, 0.05) is 19.6 Å². The molecule has 2 heterocycles. The fourth-order valence-corrected chi connectivity index (χ4v) is 3.34. The number of carbonyl (C=O) groups is 2. The fraction of sp³-hybridized carbons (Fsp3) is 0.444. The molecule has 6 nitrogen and oxygen atoms in total. The number of benzene rings is 1. The second kappa shape index (κ2) is 6.55. The van der Waals surface area contributed by atoms with Crippen molar-refractivity contribution in [2.45, 2.75) is 19.8 Å². The van der Waals surface area contributed by atoms with Crippen LogP contribution >= 0.6 is 0 Å². The topological polar surface area (TPSA) is 59.1 Å². The maximum absolute atomic E-state index is 12.8. The van der Waals surface area contributed by atoms with Crippen LogP contribution in [0.5, 0.6) is 11.5 Å². The summed E-state index contributed by atoms with van der Waals surface area (Å²) in [7, 11) is 3.12. The number of hydrogen-bond acceptors (Lipinski definition) is 5. The van der Waals surface area contributed by atoms with Crippen LogP contribution in [0.15, 0.2) is 23.9 Å². The zero-order valence-electron chi connectivity index (χ0n) is 14.3. The van der Waals surface area contributed by atoms with Gasteiger partial charge in [-0.25, -0.2) is 0 Å². The first-order valence-corrected chi connectivity index (χ1v) is 8.20. The van der Waals surface area contributed by atoms with Gasteiger partial charge in [0.05, 0.1) is 19.8 Å². The molecule has 0 aromatic heterocycles. The Kier molecular flexibility index (Phi) is 4.46. The summed E-state index contributed by atoms with van der Waals surface area (Å²) in [5, 5.41) is 0. The average molecular weight is 330 g/mol. The van der Waals surface area contributed by atoms with Crippen LogP contribution in [0.25, 0.3) is 5.57 Å². The van der Waals surface area contributed by atoms with Crippen LogP contribution in [0.1, 0.15) is 25.3 Å². The first kappa shape index (κ1) is 16.4. The van der Waals surface area contributed by atoms with Crippen molar-refractivity contribution in [2.75, 3.05) is 33.9 Å². The molecule has 1 aromatic rings. The van der Waals surface area contributed by atoms with E-state index in [1.54, 1.807) is 32.4 Å². The van der Waals surface area contributed by atoms with Gasteiger partial charge in [0.1, 0.15) is 5.70 Å². The van der Waals surface area contributed by atoms with Crippen molar-refractivity contribution in [1.29, 1.82) is 0 Å². The Morgan fingerprint density at radius 3 is 2.25 bits per heavy atom. The van der Waals surface area contributed by atoms with Crippen molar-refractivity contribution in [1.82, 2.24) is 9.80 Å². The van der Waals surface area contributed by atoms with Crippen LogP contribution < -0.4 is 9.47 Å². The number of likely N-dealkylation sites (N-methyl/N-ethyl adjacent to an activating group) is 1. The van der Waals surface area contributed by atoms with Crippen LogP contribution in [0.2, 0.25) is 0 Å². The fourth-order valence-electron chi connectivity index (χ4n) is 3.34. The van der Waals surface area contributed by atoms with Crippen LogP contribution in [0.3, 0.4) is 0 Å². The summed E-state index contributed by atoms with van der Waals surface area (Å²) >= 11 is 0. The molecule has 0 atom stereocenters. The zero-order chi connectivity index (χ0) is 17.3. The van der Waals surface area contributed by atoms with Gasteiger partial charge >= 0.3 is 0 Å². The van der Waals surface area contributed by atoms with Gasteiger partial charge < -0.3 is 14.4 Å². The van der Waals surface area contributed by atoms with E-state index < -0.39 is 0 Å². The van der Waals surface area contributed by atoms with E-state index in [2.05, 4.69) is 0 Å². The lowest BCUT2D eigenvalue weighted by Crippen LogP contribution is -2.34. The Hall–Kier alpha value is -2.50. The van der Waals surface area contributed by atoms with E-state index in [-0.39, 0.29) is 11.8 Å². The zero-order valence-corrected chi connectivity index (χ0v) is 14.3. The maximum atomic E-state index is 12.8. The van der Waals surface area contributed by atoms with Gasteiger partial charge in [0.15, 0.2) is 11.5 Å². The summed E-state index contributed by atoms with van der Waals surface area (Å²) in [5.41, 5.74) is 1.67. The first-order chi connectivity index (χ1) is 11.6. The highest BCUT2D eigenvalue weighted by Gasteiger charge is 2.41. The van der Waals surface area contributed by atoms with Crippen molar-refractivity contribution in [3.8, 4) is 11.5 Å². The van der Waals surface area contributed by atoms with E-state index in [9.17, 15) is 9.59 Å². The van der Waals surface area contributed by atoms with Crippen LogP contribution in [0.4, 0.5) is 0 Å². The smallest absolute Gasteiger partial charge is 0.277 e. The highest BCUT2D eigenvalue weighted by atomic mass is 16.5. The van der Waals surface area contributed by atoms with Gasteiger partial charge in [-0.3, -0.25) is 14.5 Å². The molecule has 24 heavy (non-hydrogen) atoms. The van der Waals surface area contributed by atoms with Crippen molar-refractivity contribution < 1.29 is 19.1 Å². The average Bonchev–Trinajstić information content (AvgIpc) is 3.20. The molecule has 0 N–H and O–H groups in total. The van der Waals surface area contributed by atoms with Gasteiger partial charge in [-0.1, -0.05) is 6.07 Å². The number of imide groups is 1. The third-order valence-electron chi connectivity index (χ3n) is 4.55. The minimum atomic E-state index is -0.239. The molecule has 6 heteroatoms. The maximum Gasteiger partial charge on any atom is 0.277 e. The van der Waals surface area contributed by atoms with Crippen molar-refractivity contribution >= 4 is 17.4 Å². The monoisotopic (exact) mass is 330 g/mol. The Labute approximate surface area is 141 Å². The standard InChI is InChI=1S/C18H22N2O4/c1-4-20-17(21)15(16(18(20)22)19-9-5-6-10-19)12-7-8-13(23-2)14(11-12)24-3/h7-8,11H,4-6,9-10H2,1-3H3. The van der Waals surface area contributed by atoms with Gasteiger partial charge in [-0.2, -0.15) is 0 Å². The quantitative estimate of drug-likeness (QED) is 0.772. The molecule has 0 aliphatic carbocycles. The minimum Gasteiger partial charge on any atom is -0.493 e. The number of rotatable bonds is 5. The number of ether oxygens (including phenoxy) is 2. The first-order valence-electron chi connectivity index (χ1n) is 8.20. The van der Waals surface area contributed by atoms with E-state index in [0.717, 1.165) is 25.9 Å². The summed E-state index contributed by atoms with van der Waals surface area (Å²) in [4.78, 5) is 28.9. The van der Waals surface area contributed by atoms with E-state index in [4.69, 9.17) is 9.47 Å². The van der Waals surface area contributed by atoms with Crippen molar-refractivity contribution in [3.63, 3.8) is 0 Å². The number of carbonyl (C=O) groups excluding carboxylic acids is 2. The SMILES string of the molecule is CCN1C(=O)C(c2ccc(OC)c(OC)c2)=C(N2CCCC2)C1=O. The third-order valence-corrected chi connectivity index (χ3v) is 4.55. The highest BCUT2D eigenvalue weighted by molar-refractivity contribution is 6.35. The Balaban J connectivity index is 2.13. The Bertz CT molecular complexity index is 705. The molecule has 0 bridgehead atoms. The lowest BCUT2D eigenvalue weighted by molar-refractivity contribution is -0.137. The van der Waals surface area contributed by atoms with Gasteiger partial charge in [0.25, 0.3) is 11.8 Å². The number of amides is 2. The summed E-state index contributed by atoms with van der Waals surface area (Å²) in [5.74, 6) is 0.693. The molecule has 2 amide bonds. The lowest BCUT2D eigenvalue weighted by Gasteiger charge is -2.19. The van der Waals surface area contributed by atoms with E-state index >= 15 is 0 Å². The molecular weight excluding hydrogens is 308 g/mol. The van der Waals surface area contributed by atoms with Crippen molar-refractivity contribution in [2.24, 2.45) is 0 Å². The molecule has 1 aromatic carbocycles. The lowest BCUT2D eigenvalue weighted by atomic mass is 10.0. The second-order valence-corrected chi connectivity index (χ2v) is 5.84. The predicted octanol–water partition coefficient (Wildman–Crippen LogP) is 1.90. The normalized spacial score (nSPS) is 18.0. The number of likely N-dealkylation sites (tertiary alicyclic amines) is 1. The summed E-state index contributed by atoms with van der Waals surface area (Å²) in [6, 6.07) is 5.32. The van der Waals surface area contributed by atoms with E-state index in [1.807, 2.05) is 11.8 Å². The number of nitrogens with zero attached hydrogens (tertiary/aromatic N) is 2. The Morgan fingerprint density at radius 1 is 1.00 bits per heavy atom. The molecule has 128 valence electrons. The molecule has 1 saturated heterocycles. The largest absolute Gasteiger partial charge is 0.493 e. The third kappa shape index (κ3) is 2.52. The molecule has 2 aliphatic heterocycles. The second-order valence-electron chi connectivity index (χ2n) is 5.84. The molecule has 0 radical (unpaired) electrons. The number of methoxy groups -OCH3 is 2. The molecule has 0 saturated carbocycles. The summed E-state index contributed by atoms with van der Waals surface area (Å²) in [6.45, 7) is 3.80. The predicted molar refractivity (Wildman–Crippen MR) is 89.7 cm³/mol. The molecule has 0 unspecified atom stereocenters. The molecule has 2 aliphatic rings. The van der Waals surface area contributed by atoms with E-state index in [0.29, 0.717) is 34.9 Å².